The van der Waals surface area contributed by atoms with Gasteiger partial charge in [0.15, 0.2) is 0 Å². The summed E-state index contributed by atoms with van der Waals surface area (Å²) in [6.07, 6.45) is 0. The van der Waals surface area contributed by atoms with Crippen molar-refractivity contribution in [2.45, 2.75) is 0 Å². The highest BCUT2D eigenvalue weighted by Gasteiger charge is 2.12. The number of aromatic nitrogens is 2. The smallest absolute Gasteiger partial charge is 0.138 e. The van der Waals surface area contributed by atoms with Gasteiger partial charge in [-0.15, -0.1) is 0 Å². The van der Waals surface area contributed by atoms with Crippen LogP contribution in [0.3, 0.4) is 0 Å². The van der Waals surface area contributed by atoms with Crippen molar-refractivity contribution < 1.29 is 0 Å². The number of H-pyrrole nitrogens is 1. The first-order valence-corrected chi connectivity index (χ1v) is 10.1. The number of nitrogens with zero attached hydrogens (tertiary/aromatic N) is 4. The molecule has 1 heterocycles. The molecule has 0 radical (unpaired) electrons. The number of fused-ring (bicyclic) bond motifs is 1. The van der Waals surface area contributed by atoms with Gasteiger partial charge in [0.1, 0.15) is 5.82 Å². The van der Waals surface area contributed by atoms with Gasteiger partial charge in [-0.25, -0.2) is 4.98 Å². The molecule has 0 amide bonds. The van der Waals surface area contributed by atoms with Crippen molar-refractivity contribution in [1.82, 2.24) is 19.8 Å². The molecule has 0 saturated carbocycles. The summed E-state index contributed by atoms with van der Waals surface area (Å²) >= 11 is 12.3. The van der Waals surface area contributed by atoms with Crippen molar-refractivity contribution in [3.63, 3.8) is 0 Å². The topological polar surface area (TPSA) is 38.4 Å². The van der Waals surface area contributed by atoms with Crippen molar-refractivity contribution in [3.8, 4) is 11.4 Å². The lowest BCUT2D eigenvalue weighted by atomic mass is 10.1. The van der Waals surface area contributed by atoms with Crippen molar-refractivity contribution in [2.75, 3.05) is 59.3 Å². The van der Waals surface area contributed by atoms with E-state index < -0.39 is 0 Å². The molecular formula is C21H27Cl2N5. The van der Waals surface area contributed by atoms with Gasteiger partial charge < -0.3 is 19.7 Å². The van der Waals surface area contributed by atoms with Gasteiger partial charge in [0.2, 0.25) is 0 Å². The van der Waals surface area contributed by atoms with E-state index in [0.717, 1.165) is 48.6 Å². The maximum atomic E-state index is 6.14. The number of anilines is 1. The molecular weight excluding hydrogens is 393 g/mol. The van der Waals surface area contributed by atoms with E-state index in [9.17, 15) is 0 Å². The fourth-order valence-corrected chi connectivity index (χ4v) is 3.32. The van der Waals surface area contributed by atoms with Gasteiger partial charge in [-0.1, -0.05) is 35.3 Å². The molecule has 0 saturated heterocycles. The Balaban J connectivity index is 1.90. The van der Waals surface area contributed by atoms with Gasteiger partial charge in [0, 0.05) is 37.4 Å². The van der Waals surface area contributed by atoms with E-state index in [1.165, 1.54) is 5.69 Å². The fraction of sp³-hybridized carbons (Fsp3) is 0.381. The summed E-state index contributed by atoms with van der Waals surface area (Å²) in [7, 11) is 8.41. The lowest BCUT2D eigenvalue weighted by molar-refractivity contribution is 0.391. The van der Waals surface area contributed by atoms with Crippen molar-refractivity contribution in [2.24, 2.45) is 0 Å². The summed E-state index contributed by atoms with van der Waals surface area (Å²) in [6, 6.07) is 12.1. The van der Waals surface area contributed by atoms with Gasteiger partial charge in [-0.3, -0.25) is 0 Å². The zero-order chi connectivity index (χ0) is 20.3. The molecule has 150 valence electrons. The largest absolute Gasteiger partial charge is 0.369 e. The molecule has 3 rings (SSSR count). The number of halogens is 2. The minimum atomic E-state index is 0.513. The third kappa shape index (κ3) is 5.17. The van der Waals surface area contributed by atoms with E-state index in [0.29, 0.717) is 10.0 Å². The van der Waals surface area contributed by atoms with Crippen LogP contribution in [0.4, 0.5) is 5.69 Å². The zero-order valence-electron chi connectivity index (χ0n) is 16.8. The Morgan fingerprint density at radius 2 is 1.50 bits per heavy atom. The first-order chi connectivity index (χ1) is 13.3. The maximum Gasteiger partial charge on any atom is 0.138 e. The Morgan fingerprint density at radius 1 is 0.857 bits per heavy atom. The van der Waals surface area contributed by atoms with Crippen LogP contribution in [0.1, 0.15) is 0 Å². The second kappa shape index (κ2) is 9.14. The van der Waals surface area contributed by atoms with Gasteiger partial charge in [0.05, 0.1) is 21.1 Å². The summed E-state index contributed by atoms with van der Waals surface area (Å²) < 4.78 is 0. The second-order valence-electron chi connectivity index (χ2n) is 7.51. The van der Waals surface area contributed by atoms with Gasteiger partial charge in [-0.2, -0.15) is 0 Å². The lowest BCUT2D eigenvalue weighted by Gasteiger charge is -2.28. The summed E-state index contributed by atoms with van der Waals surface area (Å²) in [5.41, 5.74) is 3.93. The fourth-order valence-electron chi connectivity index (χ4n) is 3.00. The van der Waals surface area contributed by atoms with Crippen LogP contribution in [-0.4, -0.2) is 74.1 Å². The monoisotopic (exact) mass is 419 g/mol. The second-order valence-corrected chi connectivity index (χ2v) is 8.33. The van der Waals surface area contributed by atoms with E-state index in [4.69, 9.17) is 28.2 Å². The molecule has 0 spiro atoms. The number of imidazole rings is 1. The minimum Gasteiger partial charge on any atom is -0.369 e. The molecule has 28 heavy (non-hydrogen) atoms. The summed E-state index contributed by atoms with van der Waals surface area (Å²) in [5, 5.41) is 1.04. The predicted molar refractivity (Wildman–Crippen MR) is 121 cm³/mol. The predicted octanol–water partition coefficient (Wildman–Crippen LogP) is 4.47. The van der Waals surface area contributed by atoms with Crippen molar-refractivity contribution >= 4 is 39.9 Å². The normalized spacial score (nSPS) is 11.7. The zero-order valence-corrected chi connectivity index (χ0v) is 18.3. The van der Waals surface area contributed by atoms with Gasteiger partial charge >= 0.3 is 0 Å². The highest BCUT2D eigenvalue weighted by atomic mass is 35.5. The Hall–Kier alpha value is -1.79. The van der Waals surface area contributed by atoms with Crippen LogP contribution in [0.2, 0.25) is 10.0 Å². The number of rotatable bonds is 8. The van der Waals surface area contributed by atoms with E-state index in [2.05, 4.69) is 72.1 Å². The average Bonchev–Trinajstić information content (AvgIpc) is 3.04. The minimum absolute atomic E-state index is 0.513. The van der Waals surface area contributed by atoms with Gasteiger partial charge in [0.25, 0.3) is 0 Å². The summed E-state index contributed by atoms with van der Waals surface area (Å²) in [5.74, 6) is 0.815. The Bertz CT molecular complexity index is 885. The molecule has 3 aromatic rings. The molecule has 1 N–H and O–H groups in total. The average molecular weight is 420 g/mol. The highest BCUT2D eigenvalue weighted by molar-refractivity contribution is 6.42. The van der Waals surface area contributed by atoms with E-state index in [1.807, 2.05) is 6.07 Å². The molecule has 0 aliphatic rings. The molecule has 0 unspecified atom stereocenters. The Kier molecular flexibility index (Phi) is 6.83. The highest BCUT2D eigenvalue weighted by Crippen LogP contribution is 2.30. The number of benzene rings is 2. The van der Waals surface area contributed by atoms with E-state index >= 15 is 0 Å². The number of nitrogens with one attached hydrogen (secondary N) is 1. The Labute approximate surface area is 176 Å². The number of hydrogen-bond donors (Lipinski definition) is 1. The first kappa shape index (κ1) is 20.9. The molecule has 1 aromatic heterocycles. The van der Waals surface area contributed by atoms with Crippen LogP contribution in [-0.2, 0) is 0 Å². The summed E-state index contributed by atoms with van der Waals surface area (Å²) in [4.78, 5) is 14.9. The van der Waals surface area contributed by atoms with Gasteiger partial charge in [-0.05, 0) is 52.5 Å². The van der Waals surface area contributed by atoms with Crippen LogP contribution in [0, 0.1) is 0 Å². The third-order valence-electron chi connectivity index (χ3n) is 4.64. The van der Waals surface area contributed by atoms with Crippen molar-refractivity contribution in [3.05, 3.63) is 46.4 Å². The standard InChI is InChI=1S/C21H27Cl2N5/c1-26(2)8-10-28(11-9-27(3)4)16-7-5-6-15(12-16)21-24-19-13-17(22)18(23)14-20(19)25-21/h5-7,12-14H,8-11H2,1-4H3,(H,24,25). The quantitative estimate of drug-likeness (QED) is 0.584. The van der Waals surface area contributed by atoms with Crippen molar-refractivity contribution in [1.29, 1.82) is 0 Å². The molecule has 0 aliphatic carbocycles. The third-order valence-corrected chi connectivity index (χ3v) is 5.37. The number of hydrogen-bond acceptors (Lipinski definition) is 4. The van der Waals surface area contributed by atoms with Crippen LogP contribution in [0.15, 0.2) is 36.4 Å². The lowest BCUT2D eigenvalue weighted by Crippen LogP contribution is -2.36. The molecule has 0 fully saturated rings. The first-order valence-electron chi connectivity index (χ1n) is 9.33. The summed E-state index contributed by atoms with van der Waals surface area (Å²) in [6.45, 7) is 3.93. The Morgan fingerprint density at radius 3 is 2.14 bits per heavy atom. The molecule has 7 heteroatoms. The molecule has 5 nitrogen and oxygen atoms in total. The van der Waals surface area contributed by atoms with Crippen LogP contribution in [0.5, 0.6) is 0 Å². The van der Waals surface area contributed by atoms with E-state index in [1.54, 1.807) is 6.07 Å². The maximum absolute atomic E-state index is 6.14. The number of aromatic amines is 1. The van der Waals surface area contributed by atoms with Crippen LogP contribution < -0.4 is 4.90 Å². The molecule has 0 aliphatic heterocycles. The van der Waals surface area contributed by atoms with E-state index in [-0.39, 0.29) is 0 Å². The molecule has 0 atom stereocenters. The SMILES string of the molecule is CN(C)CCN(CCN(C)C)c1cccc(-c2nc3cc(Cl)c(Cl)cc3[nH]2)c1. The number of likely N-dealkylation sites (N-methyl/N-ethyl adjacent to an activating group) is 2. The molecule has 0 bridgehead atoms. The molecule has 2 aromatic carbocycles. The van der Waals surface area contributed by atoms with Crippen LogP contribution >= 0.6 is 23.2 Å². The van der Waals surface area contributed by atoms with Crippen LogP contribution in [0.25, 0.3) is 22.4 Å².